The third-order valence-corrected chi connectivity index (χ3v) is 4.07. The molecule has 2 aromatic rings. The number of ether oxygens (including phenoxy) is 1. The molecule has 3 rings (SSSR count). The van der Waals surface area contributed by atoms with E-state index in [1.54, 1.807) is 18.3 Å². The highest BCUT2D eigenvalue weighted by Gasteiger charge is 2.20. The van der Waals surface area contributed by atoms with Crippen molar-refractivity contribution < 1.29 is 14.2 Å². The Kier molecular flexibility index (Phi) is 5.61. The van der Waals surface area contributed by atoms with Crippen molar-refractivity contribution in [3.05, 3.63) is 54.5 Å². The number of piperazine rings is 1. The quantitative estimate of drug-likeness (QED) is 0.874. The fraction of sp³-hybridized carbons (Fsp3) is 0.389. The first-order valence-corrected chi connectivity index (χ1v) is 8.15. The van der Waals surface area contributed by atoms with Crippen LogP contribution in [0.15, 0.2) is 48.7 Å². The lowest BCUT2D eigenvalue weighted by atomic mass is 10.2. The number of nitrogens with zero attached hydrogens (tertiary/aromatic N) is 3. The number of hydrogen-bond acceptors (Lipinski definition) is 5. The number of hydrogen-bond donors (Lipinski definition) is 1. The van der Waals surface area contributed by atoms with E-state index in [4.69, 9.17) is 4.74 Å². The summed E-state index contributed by atoms with van der Waals surface area (Å²) in [5.41, 5.74) is 0. The van der Waals surface area contributed by atoms with Crippen LogP contribution in [0.5, 0.6) is 5.75 Å². The first kappa shape index (κ1) is 16.7. The molecule has 6 heteroatoms. The van der Waals surface area contributed by atoms with Crippen LogP contribution < -0.4 is 9.64 Å². The van der Waals surface area contributed by atoms with Gasteiger partial charge in [-0.05, 0) is 36.4 Å². The van der Waals surface area contributed by atoms with Crippen LogP contribution in [0.25, 0.3) is 0 Å². The van der Waals surface area contributed by atoms with Crippen LogP contribution in [0.3, 0.4) is 0 Å². The number of pyridine rings is 1. The number of β-amino-alcohol motifs (C(OH)–C–C–N with tert-alkyl or cyclic N) is 1. The molecule has 1 aliphatic rings. The Bertz CT molecular complexity index is 616. The highest BCUT2D eigenvalue weighted by atomic mass is 19.1. The van der Waals surface area contributed by atoms with Crippen molar-refractivity contribution in [3.63, 3.8) is 0 Å². The van der Waals surface area contributed by atoms with Gasteiger partial charge in [-0.1, -0.05) is 6.07 Å². The largest absolute Gasteiger partial charge is 0.491 e. The van der Waals surface area contributed by atoms with Crippen LogP contribution >= 0.6 is 0 Å². The molecule has 5 nitrogen and oxygen atoms in total. The van der Waals surface area contributed by atoms with Crippen molar-refractivity contribution in [3.8, 4) is 5.75 Å². The predicted octanol–water partition coefficient (Wildman–Crippen LogP) is 1.78. The molecule has 1 aliphatic heterocycles. The number of benzene rings is 1. The third kappa shape index (κ3) is 4.66. The maximum Gasteiger partial charge on any atom is 0.128 e. The van der Waals surface area contributed by atoms with Crippen molar-refractivity contribution in [2.24, 2.45) is 0 Å². The lowest BCUT2D eigenvalue weighted by molar-refractivity contribution is 0.0662. The van der Waals surface area contributed by atoms with E-state index >= 15 is 0 Å². The smallest absolute Gasteiger partial charge is 0.128 e. The van der Waals surface area contributed by atoms with Crippen molar-refractivity contribution in [1.29, 1.82) is 0 Å². The van der Waals surface area contributed by atoms with Crippen molar-refractivity contribution >= 4 is 5.82 Å². The Hall–Kier alpha value is -2.18. The lowest BCUT2D eigenvalue weighted by Crippen LogP contribution is -2.49. The Morgan fingerprint density at radius 1 is 1.08 bits per heavy atom. The van der Waals surface area contributed by atoms with Gasteiger partial charge in [-0.15, -0.1) is 0 Å². The summed E-state index contributed by atoms with van der Waals surface area (Å²) in [6.07, 6.45) is 1.23. The maximum absolute atomic E-state index is 12.8. The third-order valence-electron chi connectivity index (χ3n) is 4.07. The van der Waals surface area contributed by atoms with E-state index in [1.165, 1.54) is 12.1 Å². The molecule has 1 atom stereocenters. The zero-order chi connectivity index (χ0) is 16.8. The Balaban J connectivity index is 1.40. The molecule has 0 aliphatic carbocycles. The fourth-order valence-electron chi connectivity index (χ4n) is 2.77. The average Bonchev–Trinajstić information content (AvgIpc) is 2.63. The van der Waals surface area contributed by atoms with E-state index < -0.39 is 6.10 Å². The molecule has 24 heavy (non-hydrogen) atoms. The molecule has 0 saturated carbocycles. The Morgan fingerprint density at radius 2 is 1.83 bits per heavy atom. The van der Waals surface area contributed by atoms with Gasteiger partial charge < -0.3 is 14.7 Å². The van der Waals surface area contributed by atoms with Gasteiger partial charge in [0.25, 0.3) is 0 Å². The number of aliphatic hydroxyl groups excluding tert-OH is 1. The van der Waals surface area contributed by atoms with Crippen molar-refractivity contribution in [1.82, 2.24) is 9.88 Å². The van der Waals surface area contributed by atoms with E-state index in [-0.39, 0.29) is 12.4 Å². The molecule has 0 bridgehead atoms. The van der Waals surface area contributed by atoms with Gasteiger partial charge >= 0.3 is 0 Å². The molecule has 1 saturated heterocycles. The van der Waals surface area contributed by atoms with Gasteiger partial charge in [0.15, 0.2) is 0 Å². The van der Waals surface area contributed by atoms with E-state index in [0.29, 0.717) is 12.3 Å². The normalized spacial score (nSPS) is 16.8. The molecule has 0 amide bonds. The highest BCUT2D eigenvalue weighted by Crippen LogP contribution is 2.14. The predicted molar refractivity (Wildman–Crippen MR) is 90.8 cm³/mol. The number of aliphatic hydroxyl groups is 1. The lowest BCUT2D eigenvalue weighted by Gasteiger charge is -2.36. The summed E-state index contributed by atoms with van der Waals surface area (Å²) in [7, 11) is 0. The summed E-state index contributed by atoms with van der Waals surface area (Å²) in [6, 6.07) is 11.7. The first-order chi connectivity index (χ1) is 11.7. The SMILES string of the molecule is O[C@@H](COc1ccc(F)cc1)CN1CCN(c2ccccn2)CC1. The molecule has 1 aromatic heterocycles. The second kappa shape index (κ2) is 8.08. The van der Waals surface area contributed by atoms with Crippen LogP contribution in [0.4, 0.5) is 10.2 Å². The molecule has 2 heterocycles. The second-order valence-corrected chi connectivity index (χ2v) is 5.89. The fourth-order valence-corrected chi connectivity index (χ4v) is 2.77. The minimum atomic E-state index is -0.573. The Labute approximate surface area is 141 Å². The van der Waals surface area contributed by atoms with E-state index in [2.05, 4.69) is 14.8 Å². The molecule has 0 spiro atoms. The number of rotatable bonds is 6. The van der Waals surface area contributed by atoms with Crippen LogP contribution in [0.1, 0.15) is 0 Å². The van der Waals surface area contributed by atoms with E-state index in [0.717, 1.165) is 32.0 Å². The summed E-state index contributed by atoms with van der Waals surface area (Å²) in [5.74, 6) is 1.27. The summed E-state index contributed by atoms with van der Waals surface area (Å²) in [4.78, 5) is 8.84. The van der Waals surface area contributed by atoms with Gasteiger partial charge in [0.2, 0.25) is 0 Å². The minimum Gasteiger partial charge on any atom is -0.491 e. The molecule has 0 unspecified atom stereocenters. The van der Waals surface area contributed by atoms with Gasteiger partial charge in [0, 0.05) is 38.9 Å². The number of anilines is 1. The molecular formula is C18H22FN3O2. The van der Waals surface area contributed by atoms with Crippen LogP contribution in [-0.4, -0.2) is 60.4 Å². The van der Waals surface area contributed by atoms with Gasteiger partial charge in [0.05, 0.1) is 0 Å². The highest BCUT2D eigenvalue weighted by molar-refractivity contribution is 5.38. The topological polar surface area (TPSA) is 48.8 Å². The number of halogens is 1. The molecule has 1 N–H and O–H groups in total. The second-order valence-electron chi connectivity index (χ2n) is 5.89. The molecule has 1 fully saturated rings. The van der Waals surface area contributed by atoms with Gasteiger partial charge in [0.1, 0.15) is 30.1 Å². The standard InChI is InChI=1S/C18H22FN3O2/c19-15-4-6-17(7-5-15)24-14-16(23)13-21-9-11-22(12-10-21)18-3-1-2-8-20-18/h1-8,16,23H,9-14H2/t16-/m1/s1. The van der Waals surface area contributed by atoms with Gasteiger partial charge in [-0.2, -0.15) is 0 Å². The average molecular weight is 331 g/mol. The molecule has 1 aromatic carbocycles. The summed E-state index contributed by atoms with van der Waals surface area (Å²) >= 11 is 0. The Morgan fingerprint density at radius 3 is 2.50 bits per heavy atom. The zero-order valence-corrected chi connectivity index (χ0v) is 13.5. The van der Waals surface area contributed by atoms with Crippen LogP contribution in [-0.2, 0) is 0 Å². The maximum atomic E-state index is 12.8. The summed E-state index contributed by atoms with van der Waals surface area (Å²) in [5, 5.41) is 10.1. The zero-order valence-electron chi connectivity index (χ0n) is 13.5. The monoisotopic (exact) mass is 331 g/mol. The van der Waals surface area contributed by atoms with Gasteiger partial charge in [-0.25, -0.2) is 9.37 Å². The van der Waals surface area contributed by atoms with E-state index in [1.807, 2.05) is 18.2 Å². The minimum absolute atomic E-state index is 0.200. The van der Waals surface area contributed by atoms with Crippen LogP contribution in [0.2, 0.25) is 0 Å². The molecule has 128 valence electrons. The van der Waals surface area contributed by atoms with Gasteiger partial charge in [-0.3, -0.25) is 4.90 Å². The number of aromatic nitrogens is 1. The van der Waals surface area contributed by atoms with E-state index in [9.17, 15) is 9.50 Å². The van der Waals surface area contributed by atoms with Crippen LogP contribution in [0, 0.1) is 5.82 Å². The molecular weight excluding hydrogens is 309 g/mol. The first-order valence-electron chi connectivity index (χ1n) is 8.15. The van der Waals surface area contributed by atoms with Crippen molar-refractivity contribution in [2.75, 3.05) is 44.2 Å². The summed E-state index contributed by atoms with van der Waals surface area (Å²) < 4.78 is 18.3. The molecule has 0 radical (unpaired) electrons. The van der Waals surface area contributed by atoms with Crippen molar-refractivity contribution in [2.45, 2.75) is 6.10 Å². The summed E-state index contributed by atoms with van der Waals surface area (Å²) in [6.45, 7) is 4.31.